The van der Waals surface area contributed by atoms with E-state index in [4.69, 9.17) is 4.74 Å². The lowest BCUT2D eigenvalue weighted by atomic mass is 10.1. The van der Waals surface area contributed by atoms with Gasteiger partial charge >= 0.3 is 5.97 Å². The molecule has 0 heterocycles. The molecule has 4 nitrogen and oxygen atoms in total. The number of anilines is 1. The maximum Gasteiger partial charge on any atom is 0.349 e. The highest BCUT2D eigenvalue weighted by Gasteiger charge is 2.31. The highest BCUT2D eigenvalue weighted by Crippen LogP contribution is 2.31. The average molecular weight is 373 g/mol. The van der Waals surface area contributed by atoms with Crippen molar-refractivity contribution >= 4 is 17.6 Å². The summed E-state index contributed by atoms with van der Waals surface area (Å²) in [6.45, 7) is 4.33. The standard InChI is InChI=1S/C17H12F5NO3/c1-6-4-5-9(7(2)16(6)23-8(3)24)26-17(25)10-11(18)13(20)15(22)14(21)12(10)19/h4-5H,1-3H3,(H,23,24). The molecular weight excluding hydrogens is 361 g/mol. The number of ether oxygens (including phenoxy) is 1. The molecule has 0 radical (unpaired) electrons. The maximum atomic E-state index is 13.7. The maximum absolute atomic E-state index is 13.7. The van der Waals surface area contributed by atoms with Crippen LogP contribution in [0.25, 0.3) is 0 Å². The molecule has 0 atom stereocenters. The minimum Gasteiger partial charge on any atom is -0.422 e. The minimum absolute atomic E-state index is 0.215. The van der Waals surface area contributed by atoms with E-state index in [2.05, 4.69) is 5.32 Å². The van der Waals surface area contributed by atoms with Gasteiger partial charge in [0.15, 0.2) is 23.3 Å². The van der Waals surface area contributed by atoms with Crippen LogP contribution in [0, 0.1) is 42.9 Å². The lowest BCUT2D eigenvalue weighted by molar-refractivity contribution is -0.114. The van der Waals surface area contributed by atoms with Gasteiger partial charge in [-0.25, -0.2) is 26.7 Å². The summed E-state index contributed by atoms with van der Waals surface area (Å²) in [5.41, 5.74) is -0.575. The van der Waals surface area contributed by atoms with Crippen molar-refractivity contribution in [2.75, 3.05) is 5.32 Å². The van der Waals surface area contributed by atoms with Gasteiger partial charge in [0.25, 0.3) is 0 Å². The normalized spacial score (nSPS) is 10.6. The second-order valence-electron chi connectivity index (χ2n) is 5.40. The van der Waals surface area contributed by atoms with E-state index >= 15 is 0 Å². The topological polar surface area (TPSA) is 55.4 Å². The van der Waals surface area contributed by atoms with Crippen molar-refractivity contribution in [3.8, 4) is 5.75 Å². The molecule has 0 saturated heterocycles. The third-order valence-electron chi connectivity index (χ3n) is 3.54. The second kappa shape index (κ2) is 7.11. The number of carbonyl (C=O) groups excluding carboxylic acids is 2. The first-order chi connectivity index (χ1) is 12.1. The number of nitrogens with one attached hydrogen (secondary N) is 1. The van der Waals surface area contributed by atoms with Crippen LogP contribution < -0.4 is 10.1 Å². The summed E-state index contributed by atoms with van der Waals surface area (Å²) in [6, 6.07) is 2.71. The van der Waals surface area contributed by atoms with E-state index in [9.17, 15) is 31.5 Å². The van der Waals surface area contributed by atoms with Crippen molar-refractivity contribution in [1.29, 1.82) is 0 Å². The smallest absolute Gasteiger partial charge is 0.349 e. The zero-order chi connectivity index (χ0) is 19.8. The molecule has 2 aromatic rings. The Balaban J connectivity index is 2.48. The van der Waals surface area contributed by atoms with E-state index in [-0.39, 0.29) is 11.3 Å². The highest BCUT2D eigenvalue weighted by atomic mass is 19.2. The van der Waals surface area contributed by atoms with Crippen LogP contribution in [-0.4, -0.2) is 11.9 Å². The summed E-state index contributed by atoms with van der Waals surface area (Å²) in [4.78, 5) is 23.2. The Morgan fingerprint density at radius 3 is 1.88 bits per heavy atom. The van der Waals surface area contributed by atoms with Gasteiger partial charge in [-0.2, -0.15) is 0 Å². The SMILES string of the molecule is CC(=O)Nc1c(C)ccc(OC(=O)c2c(F)c(F)c(F)c(F)c2F)c1C. The fraction of sp³-hybridized carbons (Fsp3) is 0.176. The molecule has 0 bridgehead atoms. The fourth-order valence-corrected chi connectivity index (χ4v) is 2.24. The molecule has 1 N–H and O–H groups in total. The molecule has 0 aliphatic heterocycles. The summed E-state index contributed by atoms with van der Waals surface area (Å²) >= 11 is 0. The lowest BCUT2D eigenvalue weighted by Gasteiger charge is -2.15. The number of halogens is 5. The highest BCUT2D eigenvalue weighted by molar-refractivity contribution is 5.93. The number of hydrogen-bond donors (Lipinski definition) is 1. The van der Waals surface area contributed by atoms with Gasteiger partial charge in [0.2, 0.25) is 11.7 Å². The van der Waals surface area contributed by atoms with Crippen molar-refractivity contribution in [1.82, 2.24) is 0 Å². The van der Waals surface area contributed by atoms with Crippen LogP contribution in [0.4, 0.5) is 27.6 Å². The van der Waals surface area contributed by atoms with Gasteiger partial charge in [-0.3, -0.25) is 4.79 Å². The third-order valence-corrected chi connectivity index (χ3v) is 3.54. The summed E-state index contributed by atoms with van der Waals surface area (Å²) < 4.78 is 71.7. The zero-order valence-electron chi connectivity index (χ0n) is 13.8. The Bertz CT molecular complexity index is 898. The molecule has 0 aromatic heterocycles. The predicted octanol–water partition coefficient (Wildman–Crippen LogP) is 4.18. The average Bonchev–Trinajstić information content (AvgIpc) is 2.57. The van der Waals surface area contributed by atoms with Crippen LogP contribution in [0.15, 0.2) is 12.1 Å². The Labute approximate surface area is 144 Å². The molecule has 0 aliphatic rings. The quantitative estimate of drug-likeness (QED) is 0.289. The summed E-state index contributed by atoms with van der Waals surface area (Å²) in [6.07, 6.45) is 0. The predicted molar refractivity (Wildman–Crippen MR) is 81.4 cm³/mol. The summed E-state index contributed by atoms with van der Waals surface area (Å²) in [5, 5.41) is 2.50. The second-order valence-corrected chi connectivity index (χ2v) is 5.40. The minimum atomic E-state index is -2.38. The van der Waals surface area contributed by atoms with E-state index < -0.39 is 46.5 Å². The zero-order valence-corrected chi connectivity index (χ0v) is 13.8. The number of benzene rings is 2. The number of amides is 1. The Morgan fingerprint density at radius 2 is 1.38 bits per heavy atom. The van der Waals surface area contributed by atoms with Crippen LogP contribution in [-0.2, 0) is 4.79 Å². The van der Waals surface area contributed by atoms with Gasteiger partial charge in [0, 0.05) is 12.5 Å². The van der Waals surface area contributed by atoms with Gasteiger partial charge in [-0.15, -0.1) is 0 Å². The Kier molecular flexibility index (Phi) is 5.29. The van der Waals surface area contributed by atoms with E-state index in [1.807, 2.05) is 0 Å². The van der Waals surface area contributed by atoms with E-state index in [1.54, 1.807) is 6.92 Å². The summed E-state index contributed by atoms with van der Waals surface area (Å²) in [7, 11) is 0. The molecule has 0 unspecified atom stereocenters. The first-order valence-corrected chi connectivity index (χ1v) is 7.17. The molecule has 0 aliphatic carbocycles. The van der Waals surface area contributed by atoms with Crippen molar-refractivity contribution in [2.45, 2.75) is 20.8 Å². The largest absolute Gasteiger partial charge is 0.422 e. The number of hydrogen-bond acceptors (Lipinski definition) is 3. The van der Waals surface area contributed by atoms with Crippen molar-refractivity contribution in [3.63, 3.8) is 0 Å². The number of carbonyl (C=O) groups is 2. The summed E-state index contributed by atoms with van der Waals surface area (Å²) in [5.74, 6) is -13.9. The Morgan fingerprint density at radius 1 is 0.885 bits per heavy atom. The number of aryl methyl sites for hydroxylation is 1. The van der Waals surface area contributed by atoms with Gasteiger partial charge in [-0.1, -0.05) is 6.07 Å². The van der Waals surface area contributed by atoms with E-state index in [0.29, 0.717) is 11.3 Å². The lowest BCUT2D eigenvalue weighted by Crippen LogP contribution is -2.18. The number of esters is 1. The molecule has 2 rings (SSSR count). The molecule has 9 heteroatoms. The van der Waals surface area contributed by atoms with E-state index in [0.717, 1.165) is 0 Å². The molecule has 0 saturated carbocycles. The first kappa shape index (κ1) is 19.4. The third kappa shape index (κ3) is 3.37. The Hall–Kier alpha value is -2.97. The van der Waals surface area contributed by atoms with Gasteiger partial charge < -0.3 is 10.1 Å². The monoisotopic (exact) mass is 373 g/mol. The van der Waals surface area contributed by atoms with Gasteiger partial charge in [-0.05, 0) is 25.5 Å². The molecule has 0 spiro atoms. The van der Waals surface area contributed by atoms with Crippen LogP contribution in [0.2, 0.25) is 0 Å². The van der Waals surface area contributed by atoms with Crippen LogP contribution in [0.1, 0.15) is 28.4 Å². The van der Waals surface area contributed by atoms with Gasteiger partial charge in [0.1, 0.15) is 11.3 Å². The van der Waals surface area contributed by atoms with Crippen molar-refractivity contribution < 1.29 is 36.3 Å². The first-order valence-electron chi connectivity index (χ1n) is 7.17. The number of rotatable bonds is 3. The molecule has 1 amide bonds. The van der Waals surface area contributed by atoms with Crippen molar-refractivity contribution in [3.05, 3.63) is 57.9 Å². The molecule has 2 aromatic carbocycles. The van der Waals surface area contributed by atoms with E-state index in [1.165, 1.54) is 26.0 Å². The van der Waals surface area contributed by atoms with Gasteiger partial charge in [0.05, 0.1) is 5.69 Å². The molecule has 26 heavy (non-hydrogen) atoms. The molecule has 138 valence electrons. The van der Waals surface area contributed by atoms with Crippen LogP contribution in [0.5, 0.6) is 5.75 Å². The molecule has 0 fully saturated rings. The fourth-order valence-electron chi connectivity index (χ4n) is 2.24. The molecular formula is C17H12F5NO3. The van der Waals surface area contributed by atoms with Crippen LogP contribution in [0.3, 0.4) is 0 Å². The van der Waals surface area contributed by atoms with Crippen molar-refractivity contribution in [2.24, 2.45) is 0 Å². The van der Waals surface area contributed by atoms with Crippen LogP contribution >= 0.6 is 0 Å².